The van der Waals surface area contributed by atoms with E-state index in [1.165, 1.54) is 5.56 Å². The topological polar surface area (TPSA) is 67.6 Å². The molecule has 5 nitrogen and oxygen atoms in total. The smallest absolute Gasteiger partial charge is 0.290 e. The molecular weight excluding hydrogens is 410 g/mol. The highest BCUT2D eigenvalue weighted by molar-refractivity contribution is 7.91. The van der Waals surface area contributed by atoms with Crippen molar-refractivity contribution in [2.24, 2.45) is 0 Å². The van der Waals surface area contributed by atoms with Crippen LogP contribution in [0, 0.1) is 6.92 Å². The number of benzene rings is 2. The van der Waals surface area contributed by atoms with Crippen molar-refractivity contribution in [3.63, 3.8) is 0 Å². The van der Waals surface area contributed by atoms with Crippen molar-refractivity contribution in [1.82, 2.24) is 4.90 Å². The maximum absolute atomic E-state index is 13.5. The van der Waals surface area contributed by atoms with Gasteiger partial charge in [-0.3, -0.25) is 4.79 Å². The molecule has 6 heteroatoms. The Morgan fingerprint density at radius 1 is 1.19 bits per heavy atom. The van der Waals surface area contributed by atoms with Crippen molar-refractivity contribution in [3.05, 3.63) is 77.1 Å². The van der Waals surface area contributed by atoms with E-state index in [0.29, 0.717) is 24.3 Å². The fourth-order valence-electron chi connectivity index (χ4n) is 4.11. The van der Waals surface area contributed by atoms with Crippen molar-refractivity contribution >= 4 is 32.8 Å². The Kier molecular flexibility index (Phi) is 6.01. The Bertz CT molecular complexity index is 1230. The molecule has 0 N–H and O–H groups in total. The summed E-state index contributed by atoms with van der Waals surface area (Å²) < 4.78 is 30.1. The van der Waals surface area contributed by atoms with Crippen LogP contribution in [0.5, 0.6) is 0 Å². The fraction of sp³-hybridized carbons (Fsp3) is 0.320. The molecule has 0 bridgehead atoms. The molecule has 0 spiro atoms. The number of sulfone groups is 1. The lowest BCUT2D eigenvalue weighted by Crippen LogP contribution is -2.41. The third kappa shape index (κ3) is 4.59. The summed E-state index contributed by atoms with van der Waals surface area (Å²) in [6.07, 6.45) is 5.21. The number of hydrogen-bond donors (Lipinski definition) is 0. The zero-order valence-electron chi connectivity index (χ0n) is 17.9. The second-order valence-corrected chi connectivity index (χ2v) is 10.3. The van der Waals surface area contributed by atoms with Crippen LogP contribution in [0.3, 0.4) is 0 Å². The minimum atomic E-state index is -3.13. The molecule has 1 fully saturated rings. The van der Waals surface area contributed by atoms with E-state index in [2.05, 4.69) is 13.0 Å². The van der Waals surface area contributed by atoms with E-state index in [4.69, 9.17) is 4.42 Å². The first-order valence-electron chi connectivity index (χ1n) is 10.6. The van der Waals surface area contributed by atoms with Crippen LogP contribution >= 0.6 is 0 Å². The Morgan fingerprint density at radius 2 is 1.97 bits per heavy atom. The molecule has 1 atom stereocenters. The number of aryl methyl sites for hydroxylation is 2. The van der Waals surface area contributed by atoms with E-state index in [0.717, 1.165) is 22.9 Å². The monoisotopic (exact) mass is 437 g/mol. The fourth-order valence-corrected chi connectivity index (χ4v) is 5.84. The summed E-state index contributed by atoms with van der Waals surface area (Å²) in [5, 5.41) is 0.932. The molecule has 4 rings (SSSR count). The average molecular weight is 438 g/mol. The van der Waals surface area contributed by atoms with E-state index in [1.807, 2.05) is 61.5 Å². The van der Waals surface area contributed by atoms with Gasteiger partial charge >= 0.3 is 0 Å². The maximum atomic E-state index is 13.5. The van der Waals surface area contributed by atoms with Crippen LogP contribution in [0.15, 0.2) is 59.0 Å². The van der Waals surface area contributed by atoms with Crippen LogP contribution < -0.4 is 0 Å². The predicted molar refractivity (Wildman–Crippen MR) is 124 cm³/mol. The van der Waals surface area contributed by atoms with Gasteiger partial charge in [-0.1, -0.05) is 55.5 Å². The first-order valence-corrected chi connectivity index (χ1v) is 12.4. The summed E-state index contributed by atoms with van der Waals surface area (Å²) in [6.45, 7) is 4.30. The van der Waals surface area contributed by atoms with Gasteiger partial charge in [-0.05, 0) is 43.0 Å². The van der Waals surface area contributed by atoms with Crippen LogP contribution in [-0.2, 0) is 16.3 Å². The van der Waals surface area contributed by atoms with Crippen molar-refractivity contribution < 1.29 is 17.6 Å². The van der Waals surface area contributed by atoms with E-state index < -0.39 is 9.84 Å². The van der Waals surface area contributed by atoms with Crippen molar-refractivity contribution in [2.45, 2.75) is 32.7 Å². The number of carbonyl (C=O) groups excluding carboxylic acids is 1. The third-order valence-electron chi connectivity index (χ3n) is 5.93. The Balaban J connectivity index is 1.66. The minimum absolute atomic E-state index is 0.00280. The standard InChI is InChI=1S/C25H27NO4S/c1-3-19-11-12-23-22(16-19)18(2)24(30-23)25(27)26(21-13-15-31(28,29)17-21)14-7-10-20-8-5-4-6-9-20/h4-12,16,21H,3,13-15,17H2,1-2H3/b10-7+. The van der Waals surface area contributed by atoms with Crippen LogP contribution in [-0.4, -0.2) is 43.3 Å². The molecule has 162 valence electrons. The molecular formula is C25H27NO4S. The first kappa shape index (κ1) is 21.4. The van der Waals surface area contributed by atoms with Crippen LogP contribution in [0.1, 0.15) is 40.6 Å². The molecule has 1 amide bonds. The molecule has 0 radical (unpaired) electrons. The molecule has 1 unspecified atom stereocenters. The first-order chi connectivity index (χ1) is 14.9. The Hall–Kier alpha value is -2.86. The molecule has 1 aliphatic heterocycles. The van der Waals surface area contributed by atoms with Gasteiger partial charge in [0, 0.05) is 23.5 Å². The molecule has 31 heavy (non-hydrogen) atoms. The van der Waals surface area contributed by atoms with Crippen LogP contribution in [0.25, 0.3) is 17.0 Å². The average Bonchev–Trinajstić information content (AvgIpc) is 3.30. The summed E-state index contributed by atoms with van der Waals surface area (Å²) in [5.41, 5.74) is 3.69. The maximum Gasteiger partial charge on any atom is 0.290 e. The summed E-state index contributed by atoms with van der Waals surface area (Å²) >= 11 is 0. The van der Waals surface area contributed by atoms with E-state index in [9.17, 15) is 13.2 Å². The summed E-state index contributed by atoms with van der Waals surface area (Å²) in [6, 6.07) is 15.4. The van der Waals surface area contributed by atoms with Gasteiger partial charge in [0.15, 0.2) is 15.6 Å². The second kappa shape index (κ2) is 8.71. The highest BCUT2D eigenvalue weighted by Crippen LogP contribution is 2.29. The van der Waals surface area contributed by atoms with Crippen LogP contribution in [0.2, 0.25) is 0 Å². The van der Waals surface area contributed by atoms with Crippen molar-refractivity contribution in [3.8, 4) is 0 Å². The van der Waals surface area contributed by atoms with Gasteiger partial charge in [0.25, 0.3) is 5.91 Å². The van der Waals surface area contributed by atoms with Gasteiger partial charge < -0.3 is 9.32 Å². The highest BCUT2D eigenvalue weighted by atomic mass is 32.2. The number of hydrogen-bond acceptors (Lipinski definition) is 4. The molecule has 2 heterocycles. The van der Waals surface area contributed by atoms with Crippen molar-refractivity contribution in [2.75, 3.05) is 18.1 Å². The number of rotatable bonds is 6. The second-order valence-electron chi connectivity index (χ2n) is 8.07. The molecule has 1 aliphatic rings. The number of carbonyl (C=O) groups is 1. The number of fused-ring (bicyclic) bond motifs is 1. The van der Waals surface area contributed by atoms with Gasteiger partial charge in [0.1, 0.15) is 5.58 Å². The van der Waals surface area contributed by atoms with Gasteiger partial charge in [-0.15, -0.1) is 0 Å². The predicted octanol–water partition coefficient (Wildman–Crippen LogP) is 4.65. The number of nitrogens with zero attached hydrogens (tertiary/aromatic N) is 1. The quantitative estimate of drug-likeness (QED) is 0.563. The lowest BCUT2D eigenvalue weighted by molar-refractivity contribution is 0.0689. The molecule has 2 aromatic carbocycles. The van der Waals surface area contributed by atoms with Gasteiger partial charge in [0.05, 0.1) is 11.5 Å². The normalized spacial score (nSPS) is 18.1. The van der Waals surface area contributed by atoms with Crippen molar-refractivity contribution in [1.29, 1.82) is 0 Å². The summed E-state index contributed by atoms with van der Waals surface area (Å²) in [4.78, 5) is 15.2. The molecule has 0 saturated carbocycles. The molecule has 3 aromatic rings. The minimum Gasteiger partial charge on any atom is -0.451 e. The van der Waals surface area contributed by atoms with Crippen LogP contribution in [0.4, 0.5) is 0 Å². The SMILES string of the molecule is CCc1ccc2oc(C(=O)N(C/C=C/c3ccccc3)C3CCS(=O)(=O)C3)c(C)c2c1. The number of furan rings is 1. The van der Waals surface area contributed by atoms with Gasteiger partial charge in [-0.2, -0.15) is 0 Å². The Labute approximate surface area is 183 Å². The summed E-state index contributed by atoms with van der Waals surface area (Å²) in [7, 11) is -3.13. The third-order valence-corrected chi connectivity index (χ3v) is 7.68. The zero-order valence-corrected chi connectivity index (χ0v) is 18.7. The lowest BCUT2D eigenvalue weighted by atomic mass is 10.1. The highest BCUT2D eigenvalue weighted by Gasteiger charge is 2.36. The van der Waals surface area contributed by atoms with E-state index >= 15 is 0 Å². The molecule has 1 saturated heterocycles. The molecule has 1 aromatic heterocycles. The number of amides is 1. The lowest BCUT2D eigenvalue weighted by Gasteiger charge is -2.26. The zero-order chi connectivity index (χ0) is 22.0. The van der Waals surface area contributed by atoms with E-state index in [1.54, 1.807) is 4.90 Å². The van der Waals surface area contributed by atoms with E-state index in [-0.39, 0.29) is 23.5 Å². The van der Waals surface area contributed by atoms with Gasteiger partial charge in [-0.25, -0.2) is 8.42 Å². The molecule has 0 aliphatic carbocycles. The Morgan fingerprint density at radius 3 is 2.65 bits per heavy atom. The van der Waals surface area contributed by atoms with Gasteiger partial charge in [0.2, 0.25) is 0 Å². The largest absolute Gasteiger partial charge is 0.451 e. The summed E-state index contributed by atoms with van der Waals surface area (Å²) in [5.74, 6) is 0.146.